The van der Waals surface area contributed by atoms with Gasteiger partial charge < -0.3 is 14.2 Å². The van der Waals surface area contributed by atoms with Crippen LogP contribution in [0.1, 0.15) is 11.9 Å². The van der Waals surface area contributed by atoms with Crippen molar-refractivity contribution < 1.29 is 35.8 Å². The molecule has 0 saturated heterocycles. The molecule has 3 aromatic rings. The van der Waals surface area contributed by atoms with Crippen LogP contribution in [0.4, 0.5) is 18.9 Å². The van der Waals surface area contributed by atoms with Crippen LogP contribution in [0.25, 0.3) is 0 Å². The fourth-order valence-electron chi connectivity index (χ4n) is 2.62. The molecule has 0 aliphatic heterocycles. The van der Waals surface area contributed by atoms with Gasteiger partial charge in [0.05, 0.1) is 12.3 Å². The lowest BCUT2D eigenvalue weighted by atomic mass is 10.2. The SMILES string of the molecule is O=S(=O)(Nc1cccc(OCCOC(Oc2ccc(Br)cc2)c2ccccc2)c1)C(F)(F)F. The monoisotopic (exact) mass is 545 g/mol. The van der Waals surface area contributed by atoms with Crippen LogP contribution >= 0.6 is 15.9 Å². The third-order valence-electron chi connectivity index (χ3n) is 4.14. The van der Waals surface area contributed by atoms with E-state index in [9.17, 15) is 21.6 Å². The Kier molecular flexibility index (Phi) is 8.22. The van der Waals surface area contributed by atoms with Crippen LogP contribution in [-0.4, -0.2) is 27.1 Å². The number of benzene rings is 3. The van der Waals surface area contributed by atoms with Crippen LogP contribution in [0.15, 0.2) is 83.3 Å². The van der Waals surface area contributed by atoms with Crippen molar-refractivity contribution in [2.45, 2.75) is 11.8 Å². The third-order valence-corrected chi connectivity index (χ3v) is 5.78. The zero-order valence-corrected chi connectivity index (χ0v) is 19.4. The molecule has 176 valence electrons. The molecule has 0 bridgehead atoms. The van der Waals surface area contributed by atoms with E-state index in [1.54, 1.807) is 12.1 Å². The number of hydrogen-bond donors (Lipinski definition) is 1. The van der Waals surface area contributed by atoms with Gasteiger partial charge in [-0.15, -0.1) is 0 Å². The van der Waals surface area contributed by atoms with Crippen LogP contribution in [-0.2, 0) is 14.8 Å². The molecule has 0 spiro atoms. The van der Waals surface area contributed by atoms with Gasteiger partial charge in [0.2, 0.25) is 6.29 Å². The highest BCUT2D eigenvalue weighted by Crippen LogP contribution is 2.27. The van der Waals surface area contributed by atoms with Crippen LogP contribution < -0.4 is 14.2 Å². The lowest BCUT2D eigenvalue weighted by Crippen LogP contribution is -2.29. The molecule has 0 radical (unpaired) electrons. The summed E-state index contributed by atoms with van der Waals surface area (Å²) in [5.41, 5.74) is -4.91. The Bertz CT molecular complexity index is 1140. The molecule has 1 unspecified atom stereocenters. The van der Waals surface area contributed by atoms with Crippen LogP contribution in [0, 0.1) is 0 Å². The second-order valence-corrected chi connectivity index (χ2v) is 9.20. The highest BCUT2D eigenvalue weighted by atomic mass is 79.9. The van der Waals surface area contributed by atoms with Gasteiger partial charge in [0.1, 0.15) is 18.1 Å². The number of nitrogens with one attached hydrogen (secondary N) is 1. The topological polar surface area (TPSA) is 73.9 Å². The molecule has 0 saturated carbocycles. The first-order valence-electron chi connectivity index (χ1n) is 9.55. The van der Waals surface area contributed by atoms with E-state index in [-0.39, 0.29) is 24.7 Å². The Labute approximate surface area is 197 Å². The van der Waals surface area contributed by atoms with E-state index in [4.69, 9.17) is 14.2 Å². The van der Waals surface area contributed by atoms with E-state index in [2.05, 4.69) is 15.9 Å². The van der Waals surface area contributed by atoms with Crippen LogP contribution in [0.2, 0.25) is 0 Å². The van der Waals surface area contributed by atoms with Crippen molar-refractivity contribution >= 4 is 31.6 Å². The predicted octanol–water partition coefficient (Wildman–Crippen LogP) is 5.88. The summed E-state index contributed by atoms with van der Waals surface area (Å²) in [7, 11) is -5.52. The van der Waals surface area contributed by atoms with Gasteiger partial charge in [-0.2, -0.15) is 21.6 Å². The summed E-state index contributed by atoms with van der Waals surface area (Å²) in [6.07, 6.45) is -0.721. The number of rotatable bonds is 10. The minimum absolute atomic E-state index is 0.0442. The van der Waals surface area contributed by atoms with E-state index in [0.29, 0.717) is 5.75 Å². The lowest BCUT2D eigenvalue weighted by molar-refractivity contribution is -0.0902. The number of anilines is 1. The molecule has 0 fully saturated rings. The summed E-state index contributed by atoms with van der Waals surface area (Å²) in [5.74, 6) is 0.767. The van der Waals surface area contributed by atoms with E-state index >= 15 is 0 Å². The first-order chi connectivity index (χ1) is 15.6. The molecular formula is C22H19BrF3NO5S. The molecule has 33 heavy (non-hydrogen) atoms. The van der Waals surface area contributed by atoms with Gasteiger partial charge in [-0.1, -0.05) is 52.3 Å². The van der Waals surface area contributed by atoms with Gasteiger partial charge in [-0.25, -0.2) is 0 Å². The normalized spacial score (nSPS) is 12.7. The molecule has 11 heteroatoms. The molecule has 0 aromatic heterocycles. The van der Waals surface area contributed by atoms with E-state index in [1.165, 1.54) is 22.9 Å². The second kappa shape index (κ2) is 10.9. The van der Waals surface area contributed by atoms with Gasteiger partial charge in [-0.05, 0) is 36.4 Å². The zero-order chi connectivity index (χ0) is 23.9. The first-order valence-corrected chi connectivity index (χ1v) is 11.8. The average Bonchev–Trinajstić information content (AvgIpc) is 2.77. The highest BCUT2D eigenvalue weighted by molar-refractivity contribution is 9.10. The smallest absolute Gasteiger partial charge is 0.491 e. The molecule has 6 nitrogen and oxygen atoms in total. The molecule has 1 N–H and O–H groups in total. The number of alkyl halides is 3. The minimum atomic E-state index is -5.52. The van der Waals surface area contributed by atoms with Gasteiger partial charge in [0.15, 0.2) is 0 Å². The Morgan fingerprint density at radius 1 is 0.879 bits per heavy atom. The summed E-state index contributed by atoms with van der Waals surface area (Å²) >= 11 is 3.36. The van der Waals surface area contributed by atoms with Gasteiger partial charge >= 0.3 is 15.5 Å². The molecule has 3 aromatic carbocycles. The van der Waals surface area contributed by atoms with Crippen molar-refractivity contribution in [1.29, 1.82) is 0 Å². The number of sulfonamides is 1. The van der Waals surface area contributed by atoms with E-state index in [1.807, 2.05) is 42.5 Å². The molecule has 0 aliphatic rings. The maximum atomic E-state index is 12.5. The Morgan fingerprint density at radius 3 is 2.24 bits per heavy atom. The van der Waals surface area contributed by atoms with Crippen molar-refractivity contribution in [2.24, 2.45) is 0 Å². The summed E-state index contributed by atoms with van der Waals surface area (Å²) in [5, 5.41) is 0. The van der Waals surface area contributed by atoms with E-state index in [0.717, 1.165) is 16.1 Å². The maximum Gasteiger partial charge on any atom is 0.516 e. The molecular weight excluding hydrogens is 527 g/mol. The van der Waals surface area contributed by atoms with Crippen LogP contribution in [0.5, 0.6) is 11.5 Å². The standard InChI is InChI=1S/C22H19BrF3NO5S/c23-17-9-11-19(12-10-17)32-21(16-5-2-1-3-6-16)31-14-13-30-20-8-4-7-18(15-20)27-33(28,29)22(24,25)26/h1-12,15,21,27H,13-14H2. The van der Waals surface area contributed by atoms with Crippen molar-refractivity contribution in [3.05, 3.63) is 88.9 Å². The van der Waals surface area contributed by atoms with Gasteiger partial charge in [-0.3, -0.25) is 4.72 Å². The lowest BCUT2D eigenvalue weighted by Gasteiger charge is -2.20. The van der Waals surface area contributed by atoms with E-state index < -0.39 is 21.8 Å². The summed E-state index contributed by atoms with van der Waals surface area (Å²) in [6.45, 7) is 0.136. The molecule has 0 amide bonds. The van der Waals surface area contributed by atoms with Gasteiger partial charge in [0.25, 0.3) is 0 Å². The summed E-state index contributed by atoms with van der Waals surface area (Å²) in [4.78, 5) is 0. The fraction of sp³-hybridized carbons (Fsp3) is 0.182. The van der Waals surface area contributed by atoms with Gasteiger partial charge in [0, 0.05) is 16.1 Å². The number of halogens is 4. The van der Waals surface area contributed by atoms with Crippen molar-refractivity contribution in [2.75, 3.05) is 17.9 Å². The molecule has 0 aliphatic carbocycles. The Hall–Kier alpha value is -2.76. The van der Waals surface area contributed by atoms with Crippen molar-refractivity contribution in [3.63, 3.8) is 0 Å². The third kappa shape index (κ3) is 7.37. The Balaban J connectivity index is 1.59. The fourth-order valence-corrected chi connectivity index (χ4v) is 3.44. The molecule has 1 atom stereocenters. The average molecular weight is 546 g/mol. The van der Waals surface area contributed by atoms with Crippen molar-refractivity contribution in [3.8, 4) is 11.5 Å². The quantitative estimate of drug-likeness (QED) is 0.254. The maximum absolute atomic E-state index is 12.5. The Morgan fingerprint density at radius 2 is 1.58 bits per heavy atom. The first kappa shape index (κ1) is 24.9. The summed E-state index contributed by atoms with van der Waals surface area (Å²) < 4.78 is 79.8. The molecule has 3 rings (SSSR count). The molecule has 0 heterocycles. The predicted molar refractivity (Wildman–Crippen MR) is 120 cm³/mol. The summed E-state index contributed by atoms with van der Waals surface area (Å²) in [6, 6.07) is 21.7. The van der Waals surface area contributed by atoms with Crippen molar-refractivity contribution in [1.82, 2.24) is 0 Å². The second-order valence-electron chi connectivity index (χ2n) is 6.61. The van der Waals surface area contributed by atoms with Crippen LogP contribution in [0.3, 0.4) is 0 Å². The zero-order valence-electron chi connectivity index (χ0n) is 17.0. The minimum Gasteiger partial charge on any atom is -0.491 e. The highest BCUT2D eigenvalue weighted by Gasteiger charge is 2.46. The number of hydrogen-bond acceptors (Lipinski definition) is 5. The number of ether oxygens (including phenoxy) is 3. The largest absolute Gasteiger partial charge is 0.516 e.